The molecule has 0 unspecified atom stereocenters. The molecule has 1 N–H and O–H groups in total. The molecule has 1 atom stereocenters. The Kier molecular flexibility index (Phi) is 9.02. The summed E-state index contributed by atoms with van der Waals surface area (Å²) in [4.78, 5) is 3.25. The summed E-state index contributed by atoms with van der Waals surface area (Å²) in [5.41, 5.74) is 0.904. The van der Waals surface area contributed by atoms with E-state index in [1.165, 1.54) is 11.0 Å². The van der Waals surface area contributed by atoms with Crippen LogP contribution in [0.1, 0.15) is 11.6 Å². The summed E-state index contributed by atoms with van der Waals surface area (Å²) in [5.74, 6) is 0. The molecule has 0 spiro atoms. The number of benzene rings is 1. The monoisotopic (exact) mass is 393 g/mol. The first kappa shape index (κ1) is 22.6. The van der Waals surface area contributed by atoms with Gasteiger partial charge in [0.1, 0.15) is 6.04 Å². The van der Waals surface area contributed by atoms with Crippen LogP contribution in [0, 0.1) is 0 Å². The highest BCUT2D eigenvalue weighted by atomic mass is 35.5. The smallest absolute Gasteiger partial charge is 0.378 e. The van der Waals surface area contributed by atoms with Crippen molar-refractivity contribution >= 4 is 42.1 Å². The van der Waals surface area contributed by atoms with Gasteiger partial charge in [-0.25, -0.2) is 0 Å². The van der Waals surface area contributed by atoms with Crippen molar-refractivity contribution in [2.45, 2.75) is 12.2 Å². The molecule has 1 heterocycles. The van der Waals surface area contributed by atoms with Gasteiger partial charge in [0.25, 0.3) is 0 Å². The number of hydrogen-bond acceptors (Lipinski definition) is 3. The van der Waals surface area contributed by atoms with Gasteiger partial charge in [-0.3, -0.25) is 4.90 Å². The van der Waals surface area contributed by atoms with Gasteiger partial charge in [-0.2, -0.15) is 13.2 Å². The van der Waals surface area contributed by atoms with E-state index in [0.717, 1.165) is 5.69 Å². The molecule has 1 saturated heterocycles. The van der Waals surface area contributed by atoms with Crippen LogP contribution in [0.4, 0.5) is 18.9 Å². The molecular formula is C14H21Cl3F3N3. The molecule has 0 aliphatic carbocycles. The Balaban J connectivity index is 0.00000242. The third-order valence-corrected chi connectivity index (χ3v) is 3.95. The van der Waals surface area contributed by atoms with Gasteiger partial charge >= 0.3 is 6.18 Å². The maximum Gasteiger partial charge on any atom is 0.408 e. The molecule has 0 amide bonds. The summed E-state index contributed by atoms with van der Waals surface area (Å²) in [6, 6.07) is 3.08. The van der Waals surface area contributed by atoms with Crippen molar-refractivity contribution in [3.63, 3.8) is 0 Å². The molecule has 1 aromatic rings. The molecule has 1 aliphatic rings. The lowest BCUT2D eigenvalue weighted by Crippen LogP contribution is -2.49. The van der Waals surface area contributed by atoms with Crippen molar-refractivity contribution < 1.29 is 13.2 Å². The lowest BCUT2D eigenvalue weighted by Gasteiger charge is -2.36. The lowest BCUT2D eigenvalue weighted by atomic mass is 10.0. The average Bonchev–Trinajstić information content (AvgIpc) is 2.40. The Hall–Kier alpha value is -0.400. The molecule has 9 heteroatoms. The standard InChI is InChI=1S/C14H19ClF3N3.2ClH/c1-20(2)10-3-4-11(12(15)9-10)13(14(16,17)18)21-7-5-19-6-8-21;;/h3-4,9,13,19H,5-8H2,1-2H3;2*1H/t13-;;/m1../s1. The minimum Gasteiger partial charge on any atom is -0.378 e. The predicted molar refractivity (Wildman–Crippen MR) is 93.5 cm³/mol. The maximum absolute atomic E-state index is 13.5. The maximum atomic E-state index is 13.5. The third kappa shape index (κ3) is 5.57. The second-order valence-corrected chi connectivity index (χ2v) is 5.74. The highest BCUT2D eigenvalue weighted by molar-refractivity contribution is 6.31. The van der Waals surface area contributed by atoms with Gasteiger partial charge in [-0.15, -0.1) is 24.8 Å². The van der Waals surface area contributed by atoms with Crippen molar-refractivity contribution in [3.05, 3.63) is 28.8 Å². The van der Waals surface area contributed by atoms with Gasteiger partial charge in [0.2, 0.25) is 0 Å². The fraction of sp³-hybridized carbons (Fsp3) is 0.571. The summed E-state index contributed by atoms with van der Waals surface area (Å²) < 4.78 is 40.5. The largest absolute Gasteiger partial charge is 0.408 e. The van der Waals surface area contributed by atoms with Gasteiger partial charge in [0.05, 0.1) is 0 Å². The molecule has 3 nitrogen and oxygen atoms in total. The Bertz CT molecular complexity index is 492. The number of alkyl halides is 3. The zero-order chi connectivity index (χ0) is 15.6. The minimum atomic E-state index is -4.35. The first-order chi connectivity index (χ1) is 9.80. The van der Waals surface area contributed by atoms with Crippen LogP contribution in [0.5, 0.6) is 0 Å². The van der Waals surface area contributed by atoms with E-state index in [-0.39, 0.29) is 35.4 Å². The first-order valence-electron chi connectivity index (χ1n) is 6.79. The van der Waals surface area contributed by atoms with E-state index in [4.69, 9.17) is 11.6 Å². The van der Waals surface area contributed by atoms with Gasteiger partial charge in [0, 0.05) is 51.0 Å². The van der Waals surface area contributed by atoms with Crippen LogP contribution in [0.25, 0.3) is 0 Å². The van der Waals surface area contributed by atoms with E-state index in [9.17, 15) is 13.2 Å². The molecule has 1 aliphatic heterocycles. The van der Waals surface area contributed by atoms with E-state index in [1.54, 1.807) is 12.1 Å². The molecule has 2 rings (SSSR count). The van der Waals surface area contributed by atoms with E-state index in [0.29, 0.717) is 26.2 Å². The normalized spacial score (nSPS) is 17.0. The topological polar surface area (TPSA) is 18.5 Å². The number of rotatable bonds is 3. The Morgan fingerprint density at radius 3 is 2.17 bits per heavy atom. The van der Waals surface area contributed by atoms with Gasteiger partial charge < -0.3 is 10.2 Å². The molecular weight excluding hydrogens is 374 g/mol. The number of nitrogens with zero attached hydrogens (tertiary/aromatic N) is 2. The number of nitrogens with one attached hydrogen (secondary N) is 1. The van der Waals surface area contributed by atoms with Crippen LogP contribution >= 0.6 is 36.4 Å². The number of halogens is 6. The van der Waals surface area contributed by atoms with Crippen LogP contribution in [0.2, 0.25) is 5.02 Å². The summed E-state index contributed by atoms with van der Waals surface area (Å²) in [7, 11) is 3.64. The predicted octanol–water partition coefficient (Wildman–Crippen LogP) is 3.76. The van der Waals surface area contributed by atoms with Crippen LogP contribution in [0.15, 0.2) is 18.2 Å². The van der Waals surface area contributed by atoms with Crippen molar-refractivity contribution in [1.82, 2.24) is 10.2 Å². The molecule has 0 saturated carbocycles. The van der Waals surface area contributed by atoms with Crippen molar-refractivity contribution in [3.8, 4) is 0 Å². The van der Waals surface area contributed by atoms with Gasteiger partial charge in [0.15, 0.2) is 0 Å². The zero-order valence-electron chi connectivity index (χ0n) is 12.9. The highest BCUT2D eigenvalue weighted by Crippen LogP contribution is 2.41. The number of hydrogen-bond donors (Lipinski definition) is 1. The second kappa shape index (κ2) is 9.18. The average molecular weight is 395 g/mol. The highest BCUT2D eigenvalue weighted by Gasteiger charge is 2.45. The summed E-state index contributed by atoms with van der Waals surface area (Å²) in [6.07, 6.45) is -4.35. The van der Waals surface area contributed by atoms with E-state index in [2.05, 4.69) is 5.32 Å². The van der Waals surface area contributed by atoms with Crippen LogP contribution in [-0.2, 0) is 0 Å². The lowest BCUT2D eigenvalue weighted by molar-refractivity contribution is -0.187. The summed E-state index contributed by atoms with van der Waals surface area (Å²) in [5, 5.41) is 3.22. The first-order valence-corrected chi connectivity index (χ1v) is 7.17. The SMILES string of the molecule is CN(C)c1ccc([C@@H](N2CCNCC2)C(F)(F)F)c(Cl)c1.Cl.Cl. The zero-order valence-corrected chi connectivity index (χ0v) is 15.2. The molecule has 134 valence electrons. The summed E-state index contributed by atoms with van der Waals surface area (Å²) >= 11 is 6.12. The molecule has 1 aromatic carbocycles. The number of piperazine rings is 1. The summed E-state index contributed by atoms with van der Waals surface area (Å²) in [6.45, 7) is 1.83. The molecule has 0 radical (unpaired) electrons. The molecule has 1 fully saturated rings. The Morgan fingerprint density at radius 2 is 1.74 bits per heavy atom. The van der Waals surface area contributed by atoms with Crippen LogP contribution < -0.4 is 10.2 Å². The fourth-order valence-corrected chi connectivity index (χ4v) is 2.81. The molecule has 0 bridgehead atoms. The van der Waals surface area contributed by atoms with E-state index in [1.807, 2.05) is 19.0 Å². The van der Waals surface area contributed by atoms with Crippen LogP contribution in [0.3, 0.4) is 0 Å². The Morgan fingerprint density at radius 1 is 1.17 bits per heavy atom. The number of anilines is 1. The van der Waals surface area contributed by atoms with E-state index >= 15 is 0 Å². The fourth-order valence-electron chi connectivity index (χ4n) is 2.54. The third-order valence-electron chi connectivity index (χ3n) is 3.62. The van der Waals surface area contributed by atoms with Crippen molar-refractivity contribution in [1.29, 1.82) is 0 Å². The minimum absolute atomic E-state index is 0. The van der Waals surface area contributed by atoms with E-state index < -0.39 is 12.2 Å². The second-order valence-electron chi connectivity index (χ2n) is 5.33. The molecule has 0 aromatic heterocycles. The van der Waals surface area contributed by atoms with Gasteiger partial charge in [-0.05, 0) is 17.7 Å². The van der Waals surface area contributed by atoms with Gasteiger partial charge in [-0.1, -0.05) is 17.7 Å². The molecule has 23 heavy (non-hydrogen) atoms. The quantitative estimate of drug-likeness (QED) is 0.842. The van der Waals surface area contributed by atoms with Crippen LogP contribution in [-0.4, -0.2) is 51.4 Å². The van der Waals surface area contributed by atoms with Crippen molar-refractivity contribution in [2.75, 3.05) is 45.2 Å². The Labute approximate surface area is 152 Å². The van der Waals surface area contributed by atoms with Crippen molar-refractivity contribution in [2.24, 2.45) is 0 Å².